The molecule has 0 unspecified atom stereocenters. The van der Waals surface area contributed by atoms with Gasteiger partial charge in [-0.25, -0.2) is 4.39 Å². The van der Waals surface area contributed by atoms with E-state index < -0.39 is 0 Å². The zero-order valence-electron chi connectivity index (χ0n) is 13.2. The molecular formula is C17H22FN4S+. The first-order valence-electron chi connectivity index (χ1n) is 8.52. The quantitative estimate of drug-likeness (QED) is 0.871. The monoisotopic (exact) mass is 333 g/mol. The fourth-order valence-corrected chi connectivity index (χ4v) is 3.77. The first-order valence-corrected chi connectivity index (χ1v) is 8.92. The first-order chi connectivity index (χ1) is 11.2. The predicted octanol–water partition coefficient (Wildman–Crippen LogP) is 2.58. The van der Waals surface area contributed by atoms with E-state index >= 15 is 0 Å². The van der Waals surface area contributed by atoms with E-state index in [9.17, 15) is 4.39 Å². The van der Waals surface area contributed by atoms with Crippen molar-refractivity contribution in [3.63, 3.8) is 0 Å². The molecular weight excluding hydrogens is 311 g/mol. The summed E-state index contributed by atoms with van der Waals surface area (Å²) in [6.07, 6.45) is 6.08. The van der Waals surface area contributed by atoms with Crippen LogP contribution in [0.1, 0.15) is 38.1 Å². The molecule has 0 bridgehead atoms. The van der Waals surface area contributed by atoms with E-state index in [-0.39, 0.29) is 5.82 Å². The number of quaternary nitrogens is 1. The van der Waals surface area contributed by atoms with Crippen LogP contribution in [0.5, 0.6) is 0 Å². The summed E-state index contributed by atoms with van der Waals surface area (Å²) in [5.74, 6) is 0.457. The minimum atomic E-state index is -0.230. The van der Waals surface area contributed by atoms with Crippen LogP contribution in [0.2, 0.25) is 0 Å². The van der Waals surface area contributed by atoms with E-state index in [0.717, 1.165) is 24.3 Å². The van der Waals surface area contributed by atoms with Gasteiger partial charge in [0.15, 0.2) is 12.5 Å². The van der Waals surface area contributed by atoms with Crippen molar-refractivity contribution in [2.75, 3.05) is 13.1 Å². The third kappa shape index (κ3) is 2.97. The molecule has 1 aromatic heterocycles. The minimum absolute atomic E-state index is 0.230. The molecule has 1 aliphatic carbocycles. The van der Waals surface area contributed by atoms with Gasteiger partial charge in [0, 0.05) is 6.04 Å². The molecule has 1 saturated heterocycles. The molecule has 23 heavy (non-hydrogen) atoms. The predicted molar refractivity (Wildman–Crippen MR) is 89.3 cm³/mol. The van der Waals surface area contributed by atoms with E-state index in [0.29, 0.717) is 17.4 Å². The van der Waals surface area contributed by atoms with Gasteiger partial charge in [0.1, 0.15) is 5.82 Å². The van der Waals surface area contributed by atoms with E-state index in [1.807, 2.05) is 10.7 Å². The zero-order valence-corrected chi connectivity index (χ0v) is 14.0. The summed E-state index contributed by atoms with van der Waals surface area (Å²) < 4.78 is 19.0. The number of benzene rings is 1. The Balaban J connectivity index is 1.72. The van der Waals surface area contributed by atoms with Crippen LogP contribution in [0.4, 0.5) is 4.39 Å². The lowest BCUT2D eigenvalue weighted by Gasteiger charge is -2.22. The van der Waals surface area contributed by atoms with Gasteiger partial charge in [-0.2, -0.15) is 4.68 Å². The van der Waals surface area contributed by atoms with Crippen LogP contribution in [0, 0.1) is 10.6 Å². The van der Waals surface area contributed by atoms with Crippen molar-refractivity contribution in [3.05, 3.63) is 34.9 Å². The van der Waals surface area contributed by atoms with E-state index in [2.05, 4.69) is 4.57 Å². The van der Waals surface area contributed by atoms with Crippen LogP contribution < -0.4 is 4.90 Å². The Morgan fingerprint density at radius 2 is 1.91 bits per heavy atom. The van der Waals surface area contributed by atoms with Crippen molar-refractivity contribution < 1.29 is 9.29 Å². The Labute approximate surface area is 140 Å². The molecule has 1 saturated carbocycles. The van der Waals surface area contributed by atoms with Crippen LogP contribution in [0.3, 0.4) is 0 Å². The van der Waals surface area contributed by atoms with Crippen molar-refractivity contribution in [3.8, 4) is 11.4 Å². The summed E-state index contributed by atoms with van der Waals surface area (Å²) in [5, 5.41) is 4.71. The number of nitrogens with zero attached hydrogens (tertiary/aromatic N) is 3. The number of rotatable bonds is 4. The Kier molecular flexibility index (Phi) is 4.03. The number of piperidine rings is 1. The third-order valence-electron chi connectivity index (χ3n) is 4.83. The van der Waals surface area contributed by atoms with Gasteiger partial charge in [-0.15, -0.1) is 5.10 Å². The molecule has 0 spiro atoms. The summed E-state index contributed by atoms with van der Waals surface area (Å²) in [6, 6.07) is 7.24. The molecule has 2 fully saturated rings. The van der Waals surface area contributed by atoms with Gasteiger partial charge in [0.25, 0.3) is 0 Å². The zero-order chi connectivity index (χ0) is 15.8. The molecule has 0 atom stereocenters. The number of halogens is 1. The smallest absolute Gasteiger partial charge is 0.203 e. The average molecular weight is 333 g/mol. The van der Waals surface area contributed by atoms with Gasteiger partial charge in [-0.3, -0.25) is 4.57 Å². The third-order valence-corrected chi connectivity index (χ3v) is 5.24. The minimum Gasteiger partial charge on any atom is -0.316 e. The highest BCUT2D eigenvalue weighted by Gasteiger charge is 2.30. The molecule has 1 N–H and O–H groups in total. The Hall–Kier alpha value is -1.53. The molecule has 2 aromatic rings. The standard InChI is InChI=1S/C17H21FN4S/c18-15-7-3-2-6-14(15)16-19-21(12-20-10-4-1-5-11-20)17(23)22(16)13-8-9-13/h2-3,6-7,13H,1,4-5,8-12H2/p+1. The average Bonchev–Trinajstić information content (AvgIpc) is 3.35. The number of hydrogen-bond acceptors (Lipinski definition) is 2. The van der Waals surface area contributed by atoms with Crippen LogP contribution in [0.15, 0.2) is 24.3 Å². The Morgan fingerprint density at radius 1 is 1.17 bits per heavy atom. The normalized spacial score (nSPS) is 19.2. The summed E-state index contributed by atoms with van der Waals surface area (Å²) in [6.45, 7) is 3.14. The van der Waals surface area contributed by atoms with Crippen LogP contribution >= 0.6 is 12.2 Å². The first kappa shape index (κ1) is 15.0. The van der Waals surface area contributed by atoms with Crippen molar-refractivity contribution in [2.45, 2.75) is 44.8 Å². The van der Waals surface area contributed by atoms with Crippen LogP contribution in [0.25, 0.3) is 11.4 Å². The SMILES string of the molecule is Fc1ccccc1-c1nn(C[NH+]2CCCCC2)c(=S)n1C1CC1. The number of likely N-dealkylation sites (tertiary alicyclic amines) is 1. The lowest BCUT2D eigenvalue weighted by atomic mass is 10.1. The van der Waals surface area contributed by atoms with Gasteiger partial charge >= 0.3 is 0 Å². The summed E-state index contributed by atoms with van der Waals surface area (Å²) >= 11 is 5.67. The number of hydrogen-bond donors (Lipinski definition) is 1. The lowest BCUT2D eigenvalue weighted by molar-refractivity contribution is -0.928. The van der Waals surface area contributed by atoms with Crippen LogP contribution in [-0.2, 0) is 6.67 Å². The molecule has 4 nitrogen and oxygen atoms in total. The summed E-state index contributed by atoms with van der Waals surface area (Å²) in [5.41, 5.74) is 0.554. The molecule has 2 heterocycles. The largest absolute Gasteiger partial charge is 0.316 e. The van der Waals surface area contributed by atoms with Gasteiger partial charge in [-0.1, -0.05) is 12.1 Å². The van der Waals surface area contributed by atoms with Gasteiger partial charge in [0.05, 0.1) is 18.7 Å². The maximum Gasteiger partial charge on any atom is 0.203 e. The topological polar surface area (TPSA) is 27.2 Å². The van der Waals surface area contributed by atoms with Crippen LogP contribution in [-0.4, -0.2) is 27.4 Å². The van der Waals surface area contributed by atoms with E-state index in [1.54, 1.807) is 12.1 Å². The van der Waals surface area contributed by atoms with Crippen molar-refractivity contribution >= 4 is 12.2 Å². The Morgan fingerprint density at radius 3 is 2.61 bits per heavy atom. The second-order valence-corrected chi connectivity index (χ2v) is 7.02. The molecule has 1 aliphatic heterocycles. The summed E-state index contributed by atoms with van der Waals surface area (Å²) in [4.78, 5) is 1.52. The maximum absolute atomic E-state index is 14.2. The number of nitrogens with one attached hydrogen (secondary N) is 1. The highest BCUT2D eigenvalue weighted by atomic mass is 32.1. The molecule has 122 valence electrons. The van der Waals surface area contributed by atoms with E-state index in [4.69, 9.17) is 17.3 Å². The Bertz CT molecular complexity index is 756. The van der Waals surface area contributed by atoms with Crippen molar-refractivity contribution in [1.82, 2.24) is 14.3 Å². The molecule has 2 aliphatic rings. The highest BCUT2D eigenvalue weighted by molar-refractivity contribution is 7.71. The molecule has 0 radical (unpaired) electrons. The molecule has 0 amide bonds. The second-order valence-electron chi connectivity index (χ2n) is 6.66. The summed E-state index contributed by atoms with van der Waals surface area (Å²) in [7, 11) is 0. The molecule has 4 rings (SSSR count). The van der Waals surface area contributed by atoms with Gasteiger partial charge < -0.3 is 4.90 Å². The fraction of sp³-hybridized carbons (Fsp3) is 0.529. The lowest BCUT2D eigenvalue weighted by Crippen LogP contribution is -3.12. The van der Waals surface area contributed by atoms with Crippen molar-refractivity contribution in [2.24, 2.45) is 0 Å². The number of aromatic nitrogens is 3. The fourth-order valence-electron chi connectivity index (χ4n) is 3.43. The van der Waals surface area contributed by atoms with Gasteiger partial charge in [-0.05, 0) is 56.5 Å². The maximum atomic E-state index is 14.2. The molecule has 1 aromatic carbocycles. The van der Waals surface area contributed by atoms with Gasteiger partial charge in [0.2, 0.25) is 4.77 Å². The molecule has 6 heteroatoms. The van der Waals surface area contributed by atoms with Crippen molar-refractivity contribution in [1.29, 1.82) is 0 Å². The second kappa shape index (κ2) is 6.17. The van der Waals surface area contributed by atoms with E-state index in [1.165, 1.54) is 43.3 Å². The highest BCUT2D eigenvalue weighted by Crippen LogP contribution is 2.38.